The zero-order chi connectivity index (χ0) is 15.1. The second-order valence-corrected chi connectivity index (χ2v) is 6.09. The maximum absolute atomic E-state index is 13.6. The highest BCUT2D eigenvalue weighted by Gasteiger charge is 2.34. The molecule has 5 heteroatoms. The molecular weight excluding hydrogens is 270 g/mol. The van der Waals surface area contributed by atoms with Gasteiger partial charge in [0.05, 0.1) is 5.56 Å². The topological polar surface area (TPSA) is 26.0 Å². The van der Waals surface area contributed by atoms with Crippen molar-refractivity contribution in [2.75, 3.05) is 0 Å². The average Bonchev–Trinajstić information content (AvgIpc) is 2.24. The smallest absolute Gasteiger partial charge is 0.324 e. The molecule has 110 valence electrons. The van der Waals surface area contributed by atoms with Crippen LogP contribution in [-0.2, 0) is 6.18 Å². The highest BCUT2D eigenvalue weighted by molar-refractivity contribution is 5.68. The maximum Gasteiger partial charge on any atom is 0.419 e. The molecule has 0 saturated carbocycles. The lowest BCUT2D eigenvalue weighted by atomic mass is 9.74. The molecule has 0 bridgehead atoms. The molecule has 0 fully saturated rings. The Kier molecular flexibility index (Phi) is 3.67. The van der Waals surface area contributed by atoms with Gasteiger partial charge in [-0.05, 0) is 41.5 Å². The van der Waals surface area contributed by atoms with Gasteiger partial charge in [0.2, 0.25) is 0 Å². The van der Waals surface area contributed by atoms with Crippen LogP contribution in [0.5, 0.6) is 0 Å². The van der Waals surface area contributed by atoms with Crippen LogP contribution in [0.4, 0.5) is 17.6 Å². The SMILES string of the molecule is CC1(C)CC(c2ccc(C(F)(F)F)c(F)c2)=CC(N)C1. The van der Waals surface area contributed by atoms with E-state index in [1.54, 1.807) is 0 Å². The second-order valence-electron chi connectivity index (χ2n) is 6.09. The molecule has 0 amide bonds. The third-order valence-corrected chi connectivity index (χ3v) is 3.52. The van der Waals surface area contributed by atoms with Crippen molar-refractivity contribution in [2.24, 2.45) is 11.1 Å². The fourth-order valence-corrected chi connectivity index (χ4v) is 2.75. The average molecular weight is 287 g/mol. The van der Waals surface area contributed by atoms with Crippen molar-refractivity contribution in [3.05, 3.63) is 41.2 Å². The molecule has 1 unspecified atom stereocenters. The molecule has 2 N–H and O–H groups in total. The Morgan fingerprint density at radius 1 is 1.25 bits per heavy atom. The van der Waals surface area contributed by atoms with Crippen LogP contribution in [-0.4, -0.2) is 6.04 Å². The first kappa shape index (κ1) is 15.0. The lowest BCUT2D eigenvalue weighted by Crippen LogP contribution is -2.30. The van der Waals surface area contributed by atoms with Crippen LogP contribution in [0.25, 0.3) is 5.57 Å². The Labute approximate surface area is 115 Å². The molecule has 1 aliphatic rings. The van der Waals surface area contributed by atoms with Gasteiger partial charge in [0, 0.05) is 6.04 Å². The van der Waals surface area contributed by atoms with E-state index < -0.39 is 17.6 Å². The van der Waals surface area contributed by atoms with Gasteiger partial charge >= 0.3 is 6.18 Å². The zero-order valence-corrected chi connectivity index (χ0v) is 11.4. The number of rotatable bonds is 1. The molecule has 1 nitrogen and oxygen atoms in total. The number of benzene rings is 1. The summed E-state index contributed by atoms with van der Waals surface area (Å²) >= 11 is 0. The van der Waals surface area contributed by atoms with Crippen LogP contribution >= 0.6 is 0 Å². The van der Waals surface area contributed by atoms with Crippen molar-refractivity contribution in [1.29, 1.82) is 0 Å². The summed E-state index contributed by atoms with van der Waals surface area (Å²) in [5.74, 6) is -1.24. The van der Waals surface area contributed by atoms with Crippen molar-refractivity contribution < 1.29 is 17.6 Å². The minimum absolute atomic E-state index is 0.0390. The van der Waals surface area contributed by atoms with Crippen molar-refractivity contribution in [2.45, 2.75) is 38.9 Å². The lowest BCUT2D eigenvalue weighted by molar-refractivity contribution is -0.140. The molecule has 0 aromatic heterocycles. The van der Waals surface area contributed by atoms with E-state index in [0.717, 1.165) is 24.1 Å². The van der Waals surface area contributed by atoms with E-state index in [2.05, 4.69) is 0 Å². The van der Waals surface area contributed by atoms with Crippen LogP contribution in [0, 0.1) is 11.2 Å². The standard InChI is InChI=1S/C15H17F4N/c1-14(2)7-10(5-11(20)8-14)9-3-4-12(13(16)6-9)15(17,18)19/h3-6,11H,7-8,20H2,1-2H3. The first-order chi connectivity index (χ1) is 9.08. The molecule has 20 heavy (non-hydrogen) atoms. The van der Waals surface area contributed by atoms with E-state index in [1.807, 2.05) is 19.9 Å². The first-order valence-electron chi connectivity index (χ1n) is 6.42. The maximum atomic E-state index is 13.6. The van der Waals surface area contributed by atoms with Crippen molar-refractivity contribution >= 4 is 5.57 Å². The number of halogens is 4. The van der Waals surface area contributed by atoms with Gasteiger partial charge in [0.15, 0.2) is 0 Å². The molecule has 1 aromatic rings. The fraction of sp³-hybridized carbons (Fsp3) is 0.467. The summed E-state index contributed by atoms with van der Waals surface area (Å²) in [5, 5.41) is 0. The highest BCUT2D eigenvalue weighted by atomic mass is 19.4. The normalized spacial score (nSPS) is 22.6. The quantitative estimate of drug-likeness (QED) is 0.762. The number of nitrogens with two attached hydrogens (primary N) is 1. The van der Waals surface area contributed by atoms with Crippen LogP contribution in [0.3, 0.4) is 0 Å². The molecule has 0 spiro atoms. The second kappa shape index (κ2) is 4.88. The van der Waals surface area contributed by atoms with E-state index in [9.17, 15) is 17.6 Å². The summed E-state index contributed by atoms with van der Waals surface area (Å²) in [6.07, 6.45) is -1.38. The van der Waals surface area contributed by atoms with Crippen LogP contribution < -0.4 is 5.73 Å². The van der Waals surface area contributed by atoms with E-state index in [0.29, 0.717) is 12.0 Å². The molecule has 1 aromatic carbocycles. The number of hydrogen-bond acceptors (Lipinski definition) is 1. The Morgan fingerprint density at radius 2 is 1.90 bits per heavy atom. The van der Waals surface area contributed by atoms with E-state index in [4.69, 9.17) is 5.73 Å². The minimum Gasteiger partial charge on any atom is -0.324 e. The zero-order valence-electron chi connectivity index (χ0n) is 11.4. The van der Waals surface area contributed by atoms with Crippen molar-refractivity contribution in [3.63, 3.8) is 0 Å². The summed E-state index contributed by atoms with van der Waals surface area (Å²) < 4.78 is 51.2. The third-order valence-electron chi connectivity index (χ3n) is 3.52. The minimum atomic E-state index is -4.67. The first-order valence-corrected chi connectivity index (χ1v) is 6.42. The predicted octanol–water partition coefficient (Wildman–Crippen LogP) is 4.38. The van der Waals surface area contributed by atoms with Gasteiger partial charge in [0.1, 0.15) is 5.82 Å². The molecule has 0 aliphatic heterocycles. The third kappa shape index (κ3) is 3.20. The predicted molar refractivity (Wildman–Crippen MR) is 70.4 cm³/mol. The van der Waals surface area contributed by atoms with Gasteiger partial charge in [-0.1, -0.05) is 26.0 Å². The van der Waals surface area contributed by atoms with Gasteiger partial charge in [-0.3, -0.25) is 0 Å². The summed E-state index contributed by atoms with van der Waals surface area (Å²) in [7, 11) is 0. The van der Waals surface area contributed by atoms with Gasteiger partial charge in [0.25, 0.3) is 0 Å². The van der Waals surface area contributed by atoms with E-state index >= 15 is 0 Å². The Balaban J connectivity index is 2.38. The summed E-state index contributed by atoms with van der Waals surface area (Å²) in [6.45, 7) is 4.08. The Bertz CT molecular complexity index is 543. The molecule has 0 saturated heterocycles. The van der Waals surface area contributed by atoms with Crippen LogP contribution in [0.2, 0.25) is 0 Å². The number of allylic oxidation sites excluding steroid dienone is 1. The molecular formula is C15H17F4N. The Hall–Kier alpha value is -1.36. The van der Waals surface area contributed by atoms with E-state index in [1.165, 1.54) is 6.07 Å². The van der Waals surface area contributed by atoms with Crippen molar-refractivity contribution in [3.8, 4) is 0 Å². The lowest BCUT2D eigenvalue weighted by Gasteiger charge is -2.33. The molecule has 0 heterocycles. The summed E-state index contributed by atoms with van der Waals surface area (Å²) in [6, 6.07) is 2.90. The largest absolute Gasteiger partial charge is 0.419 e. The monoisotopic (exact) mass is 287 g/mol. The molecule has 1 atom stereocenters. The summed E-state index contributed by atoms with van der Waals surface area (Å²) in [4.78, 5) is 0. The number of hydrogen-bond donors (Lipinski definition) is 1. The van der Waals surface area contributed by atoms with Gasteiger partial charge in [-0.15, -0.1) is 0 Å². The highest BCUT2D eigenvalue weighted by Crippen LogP contribution is 2.40. The van der Waals surface area contributed by atoms with Gasteiger partial charge < -0.3 is 5.73 Å². The van der Waals surface area contributed by atoms with Crippen LogP contribution in [0.1, 0.15) is 37.8 Å². The van der Waals surface area contributed by atoms with E-state index in [-0.39, 0.29) is 11.5 Å². The Morgan fingerprint density at radius 3 is 2.40 bits per heavy atom. The van der Waals surface area contributed by atoms with Gasteiger partial charge in [-0.2, -0.15) is 13.2 Å². The molecule has 0 radical (unpaired) electrons. The van der Waals surface area contributed by atoms with Crippen LogP contribution in [0.15, 0.2) is 24.3 Å². The van der Waals surface area contributed by atoms with Crippen molar-refractivity contribution in [1.82, 2.24) is 0 Å². The molecule has 2 rings (SSSR count). The summed E-state index contributed by atoms with van der Waals surface area (Å²) in [5.41, 5.74) is 5.93. The fourth-order valence-electron chi connectivity index (χ4n) is 2.75. The van der Waals surface area contributed by atoms with Gasteiger partial charge in [-0.25, -0.2) is 4.39 Å². The molecule has 1 aliphatic carbocycles. The number of alkyl halides is 3.